The lowest BCUT2D eigenvalue weighted by molar-refractivity contribution is -0.383. The highest BCUT2D eigenvalue weighted by Gasteiger charge is 2.23. The molecule has 0 saturated heterocycles. The van der Waals surface area contributed by atoms with E-state index in [1.165, 1.54) is 6.07 Å². The van der Waals surface area contributed by atoms with Gasteiger partial charge in [-0.25, -0.2) is 4.98 Å². The summed E-state index contributed by atoms with van der Waals surface area (Å²) in [5.41, 5.74) is -0.131. The maximum atomic E-state index is 12.1. The van der Waals surface area contributed by atoms with Gasteiger partial charge in [-0.1, -0.05) is 53.5 Å². The number of nitrogens with zero attached hydrogens (tertiary/aromatic N) is 2. The molecule has 0 unspecified atom stereocenters. The molecule has 0 saturated carbocycles. The van der Waals surface area contributed by atoms with Crippen LogP contribution in [-0.2, 0) is 0 Å². The smallest absolute Gasteiger partial charge is 0.316 e. The molecule has 8 heteroatoms. The molecule has 0 atom stereocenters. The lowest BCUT2D eigenvalue weighted by Crippen LogP contribution is -2.12. The summed E-state index contributed by atoms with van der Waals surface area (Å²) in [4.78, 5) is 29.4. The first-order valence-electron chi connectivity index (χ1n) is 6.11. The minimum absolute atomic E-state index is 0.0159. The number of nitrogens with one attached hydrogen (secondary N) is 1. The van der Waals surface area contributed by atoms with Gasteiger partial charge in [0.15, 0.2) is 5.52 Å². The summed E-state index contributed by atoms with van der Waals surface area (Å²) in [7, 11) is 0. The van der Waals surface area contributed by atoms with E-state index in [1.807, 2.05) is 0 Å². The Hall–Kier alpha value is -2.44. The molecule has 0 aliphatic heterocycles. The molecule has 0 bridgehead atoms. The number of aromatic nitrogens is 2. The fraction of sp³-hybridized carbons (Fsp3) is 0. The standard InChI is InChI=1S/C14H7Cl2N3O3/c15-8-6-9-12(13(10(8)16)19(21)22)18-11(14(20)17-9)7-4-2-1-3-5-7/h1-6H,(H,17,20). The predicted octanol–water partition coefficient (Wildman–Crippen LogP) is 3.81. The number of benzene rings is 2. The molecule has 0 radical (unpaired) electrons. The fourth-order valence-electron chi connectivity index (χ4n) is 2.11. The number of H-pyrrole nitrogens is 1. The molecule has 2 aromatic carbocycles. The third-order valence-electron chi connectivity index (χ3n) is 3.08. The van der Waals surface area contributed by atoms with Gasteiger partial charge in [0, 0.05) is 5.56 Å². The Labute approximate surface area is 133 Å². The molecule has 0 fully saturated rings. The molecule has 22 heavy (non-hydrogen) atoms. The summed E-state index contributed by atoms with van der Waals surface area (Å²) in [6, 6.07) is 9.99. The molecule has 3 rings (SSSR count). The molecule has 1 aromatic heterocycles. The largest absolute Gasteiger partial charge is 0.318 e. The Morgan fingerprint density at radius 1 is 1.18 bits per heavy atom. The highest BCUT2D eigenvalue weighted by Crippen LogP contribution is 2.37. The number of nitro benzene ring substituents is 1. The van der Waals surface area contributed by atoms with Crippen LogP contribution in [0.1, 0.15) is 0 Å². The van der Waals surface area contributed by atoms with Crippen molar-refractivity contribution in [2.24, 2.45) is 0 Å². The van der Waals surface area contributed by atoms with Gasteiger partial charge in [-0.2, -0.15) is 0 Å². The maximum absolute atomic E-state index is 12.1. The Kier molecular flexibility index (Phi) is 3.56. The number of hydrogen-bond donors (Lipinski definition) is 1. The van der Waals surface area contributed by atoms with Crippen LogP contribution in [0.5, 0.6) is 0 Å². The van der Waals surface area contributed by atoms with Crippen molar-refractivity contribution in [3.63, 3.8) is 0 Å². The van der Waals surface area contributed by atoms with Gasteiger partial charge < -0.3 is 4.98 Å². The third-order valence-corrected chi connectivity index (χ3v) is 3.86. The van der Waals surface area contributed by atoms with Crippen molar-refractivity contribution < 1.29 is 4.92 Å². The van der Waals surface area contributed by atoms with Gasteiger partial charge in [0.25, 0.3) is 5.56 Å². The van der Waals surface area contributed by atoms with Crippen LogP contribution in [0.2, 0.25) is 10.0 Å². The van der Waals surface area contributed by atoms with E-state index >= 15 is 0 Å². The molecular formula is C14H7Cl2N3O3. The van der Waals surface area contributed by atoms with Crippen molar-refractivity contribution >= 4 is 39.9 Å². The zero-order valence-corrected chi connectivity index (χ0v) is 12.4. The van der Waals surface area contributed by atoms with Crippen LogP contribution in [0.15, 0.2) is 41.2 Å². The Morgan fingerprint density at radius 2 is 1.86 bits per heavy atom. The minimum Gasteiger partial charge on any atom is -0.318 e. The van der Waals surface area contributed by atoms with Crippen LogP contribution in [0.3, 0.4) is 0 Å². The van der Waals surface area contributed by atoms with Crippen molar-refractivity contribution in [1.29, 1.82) is 0 Å². The number of hydrogen-bond acceptors (Lipinski definition) is 4. The number of aromatic amines is 1. The second-order valence-corrected chi connectivity index (χ2v) is 5.24. The number of rotatable bonds is 2. The van der Waals surface area contributed by atoms with Crippen LogP contribution in [-0.4, -0.2) is 14.9 Å². The molecular weight excluding hydrogens is 329 g/mol. The van der Waals surface area contributed by atoms with Crippen molar-refractivity contribution in [3.8, 4) is 11.3 Å². The normalized spacial score (nSPS) is 10.8. The van der Waals surface area contributed by atoms with Gasteiger partial charge in [-0.3, -0.25) is 14.9 Å². The molecule has 1 heterocycles. The first-order chi connectivity index (χ1) is 10.5. The summed E-state index contributed by atoms with van der Waals surface area (Å²) >= 11 is 11.8. The number of nitro groups is 1. The van der Waals surface area contributed by atoms with Crippen molar-refractivity contribution in [2.75, 3.05) is 0 Å². The SMILES string of the molecule is O=c1[nH]c2cc(Cl)c(Cl)c([N+](=O)[O-])c2nc1-c1ccccc1. The average molecular weight is 336 g/mol. The summed E-state index contributed by atoms with van der Waals surface area (Å²) < 4.78 is 0. The van der Waals surface area contributed by atoms with Gasteiger partial charge >= 0.3 is 5.69 Å². The monoisotopic (exact) mass is 335 g/mol. The molecule has 0 amide bonds. The van der Waals surface area contributed by atoms with Crippen molar-refractivity contribution in [3.05, 3.63) is 66.9 Å². The van der Waals surface area contributed by atoms with Gasteiger partial charge in [0.05, 0.1) is 15.5 Å². The highest BCUT2D eigenvalue weighted by molar-refractivity contribution is 6.44. The van der Waals surface area contributed by atoms with Crippen molar-refractivity contribution in [1.82, 2.24) is 9.97 Å². The van der Waals surface area contributed by atoms with Crippen LogP contribution in [0, 0.1) is 10.1 Å². The molecule has 0 aliphatic rings. The van der Waals surface area contributed by atoms with Crippen molar-refractivity contribution in [2.45, 2.75) is 0 Å². The molecule has 0 spiro atoms. The molecule has 1 N–H and O–H groups in total. The Bertz CT molecular complexity index is 955. The second kappa shape index (κ2) is 5.40. The van der Waals surface area contributed by atoms with Gasteiger partial charge in [-0.05, 0) is 6.07 Å². The lowest BCUT2D eigenvalue weighted by atomic mass is 10.1. The Balaban J connectivity index is 2.42. The van der Waals surface area contributed by atoms with E-state index in [2.05, 4.69) is 9.97 Å². The summed E-state index contributed by atoms with van der Waals surface area (Å²) in [6.45, 7) is 0. The van der Waals surface area contributed by atoms with Crippen LogP contribution in [0.4, 0.5) is 5.69 Å². The highest BCUT2D eigenvalue weighted by atomic mass is 35.5. The van der Waals surface area contributed by atoms with Crippen LogP contribution < -0.4 is 5.56 Å². The molecule has 6 nitrogen and oxygen atoms in total. The van der Waals surface area contributed by atoms with E-state index < -0.39 is 16.2 Å². The van der Waals surface area contributed by atoms with Crippen LogP contribution in [0.25, 0.3) is 22.3 Å². The third kappa shape index (κ3) is 2.32. The van der Waals surface area contributed by atoms with Gasteiger partial charge in [0.1, 0.15) is 10.7 Å². The van der Waals surface area contributed by atoms with Gasteiger partial charge in [0.2, 0.25) is 0 Å². The zero-order valence-electron chi connectivity index (χ0n) is 10.8. The topological polar surface area (TPSA) is 88.9 Å². The number of halogens is 2. The Morgan fingerprint density at radius 3 is 2.50 bits per heavy atom. The minimum atomic E-state index is -0.670. The van der Waals surface area contributed by atoms with E-state index in [1.54, 1.807) is 30.3 Å². The molecule has 110 valence electrons. The lowest BCUT2D eigenvalue weighted by Gasteiger charge is -2.05. The number of fused-ring (bicyclic) bond motifs is 1. The first kappa shape index (κ1) is 14.5. The van der Waals surface area contributed by atoms with E-state index in [0.717, 1.165) is 0 Å². The quantitative estimate of drug-likeness (QED) is 0.569. The molecule has 0 aliphatic carbocycles. The average Bonchev–Trinajstić information content (AvgIpc) is 2.49. The van der Waals surface area contributed by atoms with Crippen LogP contribution >= 0.6 is 23.2 Å². The van der Waals surface area contributed by atoms with E-state index in [9.17, 15) is 14.9 Å². The van der Waals surface area contributed by atoms with E-state index in [0.29, 0.717) is 5.56 Å². The molecule has 3 aromatic rings. The van der Waals surface area contributed by atoms with Gasteiger partial charge in [-0.15, -0.1) is 0 Å². The first-order valence-corrected chi connectivity index (χ1v) is 6.86. The fourth-order valence-corrected chi connectivity index (χ4v) is 2.53. The summed E-state index contributed by atoms with van der Waals surface area (Å²) in [6.07, 6.45) is 0. The predicted molar refractivity (Wildman–Crippen MR) is 84.5 cm³/mol. The van der Waals surface area contributed by atoms with E-state index in [-0.39, 0.29) is 26.8 Å². The maximum Gasteiger partial charge on any atom is 0.316 e. The van der Waals surface area contributed by atoms with E-state index in [4.69, 9.17) is 23.2 Å². The zero-order chi connectivity index (χ0) is 15.9. The summed E-state index contributed by atoms with van der Waals surface area (Å²) in [5.74, 6) is 0. The summed E-state index contributed by atoms with van der Waals surface area (Å²) in [5, 5.41) is 11.0. The second-order valence-electron chi connectivity index (χ2n) is 4.45.